The zero-order valence-corrected chi connectivity index (χ0v) is 6.39. The second-order valence-corrected chi connectivity index (χ2v) is 6.88. The molecule has 0 saturated carbocycles. The minimum absolute atomic E-state index is 0.540. The van der Waals surface area contributed by atoms with E-state index in [0.717, 1.165) is 0 Å². The summed E-state index contributed by atoms with van der Waals surface area (Å²) in [6, 6.07) is 0. The number of amides is 1. The molecule has 0 spiro atoms. The standard InChI is InChI=1S/C4H11NO2Si/c1-8(2,3)7-5-4-6/h4H,1-3H3,(H,5,6). The predicted octanol–water partition coefficient (Wildman–Crippen LogP) is 0.499. The van der Waals surface area contributed by atoms with Gasteiger partial charge >= 0.3 is 0 Å². The molecule has 0 aliphatic carbocycles. The first-order chi connectivity index (χ1) is 3.56. The SMILES string of the molecule is C[Si](C)(C)ONC=O. The summed E-state index contributed by atoms with van der Waals surface area (Å²) in [5.74, 6) is 0. The Morgan fingerprint density at radius 1 is 1.50 bits per heavy atom. The van der Waals surface area contributed by atoms with Gasteiger partial charge in [-0.25, -0.2) is 5.48 Å². The van der Waals surface area contributed by atoms with Crippen molar-refractivity contribution in [3.05, 3.63) is 0 Å². The van der Waals surface area contributed by atoms with Gasteiger partial charge in [0.25, 0.3) is 0 Å². The molecule has 0 aromatic heterocycles. The Kier molecular flexibility index (Phi) is 2.71. The van der Waals surface area contributed by atoms with Gasteiger partial charge < -0.3 is 4.53 Å². The average molecular weight is 133 g/mol. The zero-order chi connectivity index (χ0) is 6.62. The van der Waals surface area contributed by atoms with Gasteiger partial charge in [-0.3, -0.25) is 4.79 Å². The first-order valence-corrected chi connectivity index (χ1v) is 5.84. The Labute approximate surface area is 50.1 Å². The third-order valence-electron chi connectivity index (χ3n) is 0.413. The van der Waals surface area contributed by atoms with Crippen molar-refractivity contribution in [3.8, 4) is 0 Å². The van der Waals surface area contributed by atoms with E-state index < -0.39 is 8.32 Å². The molecule has 0 aliphatic rings. The van der Waals surface area contributed by atoms with E-state index in [1.54, 1.807) is 0 Å². The molecular formula is C4H11NO2Si. The maximum atomic E-state index is 9.64. The molecule has 0 aromatic carbocycles. The topological polar surface area (TPSA) is 38.3 Å². The summed E-state index contributed by atoms with van der Waals surface area (Å²) >= 11 is 0. The van der Waals surface area contributed by atoms with Gasteiger partial charge in [-0.2, -0.15) is 0 Å². The highest BCUT2D eigenvalue weighted by molar-refractivity contribution is 6.69. The monoisotopic (exact) mass is 133 g/mol. The van der Waals surface area contributed by atoms with Crippen molar-refractivity contribution in [2.24, 2.45) is 0 Å². The molecule has 0 saturated heterocycles. The van der Waals surface area contributed by atoms with Crippen LogP contribution in [0.2, 0.25) is 19.6 Å². The summed E-state index contributed by atoms with van der Waals surface area (Å²) in [4.78, 5) is 9.64. The van der Waals surface area contributed by atoms with E-state index in [9.17, 15) is 4.79 Å². The highest BCUT2D eigenvalue weighted by Gasteiger charge is 2.13. The molecule has 0 rings (SSSR count). The Bertz CT molecular complexity index is 78.6. The van der Waals surface area contributed by atoms with Crippen molar-refractivity contribution >= 4 is 14.7 Å². The Balaban J connectivity index is 3.24. The fourth-order valence-electron chi connectivity index (χ4n) is 0.201. The zero-order valence-electron chi connectivity index (χ0n) is 5.39. The summed E-state index contributed by atoms with van der Waals surface area (Å²) in [6.07, 6.45) is 0.540. The first kappa shape index (κ1) is 7.65. The molecule has 3 nitrogen and oxygen atoms in total. The molecular weight excluding hydrogens is 122 g/mol. The fourth-order valence-corrected chi connectivity index (χ4v) is 0.602. The minimum atomic E-state index is -1.52. The smallest absolute Gasteiger partial charge is 0.229 e. The molecule has 1 N–H and O–H groups in total. The maximum Gasteiger partial charge on any atom is 0.229 e. The van der Waals surface area contributed by atoms with Crippen LogP contribution in [0, 0.1) is 0 Å². The highest BCUT2D eigenvalue weighted by Crippen LogP contribution is 1.97. The van der Waals surface area contributed by atoms with Crippen LogP contribution in [0.5, 0.6) is 0 Å². The average Bonchev–Trinajstić information content (AvgIpc) is 1.59. The quantitative estimate of drug-likeness (QED) is 0.346. The molecule has 8 heavy (non-hydrogen) atoms. The van der Waals surface area contributed by atoms with Crippen LogP contribution in [-0.2, 0) is 9.32 Å². The highest BCUT2D eigenvalue weighted by atomic mass is 28.4. The van der Waals surface area contributed by atoms with E-state index in [0.29, 0.717) is 6.41 Å². The molecule has 48 valence electrons. The summed E-state index contributed by atoms with van der Waals surface area (Å²) in [6.45, 7) is 5.97. The lowest BCUT2D eigenvalue weighted by Crippen LogP contribution is -2.32. The van der Waals surface area contributed by atoms with E-state index in [1.807, 2.05) is 19.6 Å². The van der Waals surface area contributed by atoms with Crippen LogP contribution in [0.3, 0.4) is 0 Å². The second-order valence-electron chi connectivity index (χ2n) is 2.45. The molecule has 0 bridgehead atoms. The van der Waals surface area contributed by atoms with Crippen LogP contribution in [0.15, 0.2) is 0 Å². The van der Waals surface area contributed by atoms with E-state index in [1.165, 1.54) is 0 Å². The van der Waals surface area contributed by atoms with Gasteiger partial charge in [-0.05, 0) is 19.6 Å². The normalized spacial score (nSPS) is 10.9. The molecule has 0 radical (unpaired) electrons. The molecule has 1 amide bonds. The summed E-state index contributed by atoms with van der Waals surface area (Å²) in [5.41, 5.74) is 2.17. The molecule has 0 fully saturated rings. The van der Waals surface area contributed by atoms with Gasteiger partial charge in [0.2, 0.25) is 14.7 Å². The molecule has 0 atom stereocenters. The summed E-state index contributed by atoms with van der Waals surface area (Å²) in [7, 11) is -1.52. The third-order valence-corrected chi connectivity index (χ3v) is 1.14. The van der Waals surface area contributed by atoms with Crippen molar-refractivity contribution in [3.63, 3.8) is 0 Å². The lowest BCUT2D eigenvalue weighted by molar-refractivity contribution is -0.115. The van der Waals surface area contributed by atoms with Gasteiger partial charge in [0, 0.05) is 0 Å². The molecule has 0 aromatic rings. The van der Waals surface area contributed by atoms with E-state index in [2.05, 4.69) is 5.48 Å². The van der Waals surface area contributed by atoms with Gasteiger partial charge in [-0.15, -0.1) is 0 Å². The van der Waals surface area contributed by atoms with Crippen molar-refractivity contribution in [2.75, 3.05) is 0 Å². The number of rotatable bonds is 3. The molecule has 0 unspecified atom stereocenters. The van der Waals surface area contributed by atoms with Crippen LogP contribution in [-0.4, -0.2) is 14.7 Å². The second kappa shape index (κ2) is 2.83. The summed E-state index contributed by atoms with van der Waals surface area (Å²) in [5, 5.41) is 0. The van der Waals surface area contributed by atoms with Gasteiger partial charge in [0.15, 0.2) is 0 Å². The lowest BCUT2D eigenvalue weighted by atomic mass is 11.5. The van der Waals surface area contributed by atoms with E-state index >= 15 is 0 Å². The number of nitrogens with one attached hydrogen (secondary N) is 1. The Morgan fingerprint density at radius 2 is 2.00 bits per heavy atom. The fraction of sp³-hybridized carbons (Fsp3) is 0.750. The van der Waals surface area contributed by atoms with Crippen molar-refractivity contribution < 1.29 is 9.32 Å². The van der Waals surface area contributed by atoms with Crippen LogP contribution < -0.4 is 5.48 Å². The van der Waals surface area contributed by atoms with Crippen molar-refractivity contribution in [1.29, 1.82) is 0 Å². The lowest BCUT2D eigenvalue weighted by Gasteiger charge is -2.13. The Hall–Kier alpha value is -0.353. The number of hydroxylamine groups is 1. The van der Waals surface area contributed by atoms with Crippen LogP contribution in [0.1, 0.15) is 0 Å². The van der Waals surface area contributed by atoms with Gasteiger partial charge in [0.1, 0.15) is 0 Å². The summed E-state index contributed by atoms with van der Waals surface area (Å²) < 4.78 is 4.90. The first-order valence-electron chi connectivity index (χ1n) is 2.43. The molecule has 4 heteroatoms. The van der Waals surface area contributed by atoms with E-state index in [4.69, 9.17) is 4.53 Å². The van der Waals surface area contributed by atoms with Gasteiger partial charge in [-0.1, -0.05) is 0 Å². The minimum Gasteiger partial charge on any atom is -0.321 e. The van der Waals surface area contributed by atoms with Crippen molar-refractivity contribution in [1.82, 2.24) is 5.48 Å². The predicted molar refractivity (Wildman–Crippen MR) is 33.6 cm³/mol. The van der Waals surface area contributed by atoms with Crippen molar-refractivity contribution in [2.45, 2.75) is 19.6 Å². The van der Waals surface area contributed by atoms with Crippen LogP contribution in [0.4, 0.5) is 0 Å². The number of hydrogen-bond donors (Lipinski definition) is 1. The molecule has 0 aliphatic heterocycles. The van der Waals surface area contributed by atoms with E-state index in [-0.39, 0.29) is 0 Å². The number of hydrogen-bond acceptors (Lipinski definition) is 2. The Morgan fingerprint density at radius 3 is 2.12 bits per heavy atom. The number of carbonyl (C=O) groups is 1. The number of carbonyl (C=O) groups excluding carboxylic acids is 1. The third kappa shape index (κ3) is 5.65. The molecule has 0 heterocycles. The van der Waals surface area contributed by atoms with Gasteiger partial charge in [0.05, 0.1) is 0 Å². The van der Waals surface area contributed by atoms with Crippen LogP contribution >= 0.6 is 0 Å². The maximum absolute atomic E-state index is 9.64. The van der Waals surface area contributed by atoms with Crippen LogP contribution in [0.25, 0.3) is 0 Å². The largest absolute Gasteiger partial charge is 0.321 e.